The molecule has 2 aromatic rings. The van der Waals surface area contributed by atoms with Crippen molar-refractivity contribution in [2.24, 2.45) is 11.7 Å². The average Bonchev–Trinajstić information content (AvgIpc) is 3.39. The minimum absolute atomic E-state index is 0.0323. The van der Waals surface area contributed by atoms with Crippen molar-refractivity contribution in [3.8, 4) is 16.9 Å². The summed E-state index contributed by atoms with van der Waals surface area (Å²) in [5.41, 5.74) is 9.13. The monoisotopic (exact) mass is 328 g/mol. The van der Waals surface area contributed by atoms with E-state index < -0.39 is 0 Å². The Balaban J connectivity index is 1.79. The first-order chi connectivity index (χ1) is 11.3. The Morgan fingerprint density at radius 3 is 2.61 bits per heavy atom. The number of ether oxygens (including phenoxy) is 1. The molecule has 2 aliphatic rings. The number of halogens is 1. The van der Waals surface area contributed by atoms with Gasteiger partial charge in [-0.05, 0) is 30.9 Å². The van der Waals surface area contributed by atoms with Gasteiger partial charge in [-0.1, -0.05) is 41.9 Å². The Kier molecular flexibility index (Phi) is 3.92. The Labute approximate surface area is 142 Å². The molecule has 1 aliphatic heterocycles. The molecule has 2 aromatic carbocycles. The van der Waals surface area contributed by atoms with Crippen LogP contribution in [0.4, 0.5) is 5.69 Å². The van der Waals surface area contributed by atoms with E-state index in [-0.39, 0.29) is 6.10 Å². The standard InChI is InChI=1S/C19H21ClN2O/c20-17-6-2-1-4-15(17)16-5-3-7-18-19(16)23-14(10-21)12-22(18)11-13-8-9-13/h1-7,13-14H,8-12,21H2. The summed E-state index contributed by atoms with van der Waals surface area (Å²) in [6.07, 6.45) is 2.71. The van der Waals surface area contributed by atoms with Crippen LogP contribution in [0, 0.1) is 5.92 Å². The molecule has 3 nitrogen and oxygen atoms in total. The molecule has 4 heteroatoms. The van der Waals surface area contributed by atoms with Crippen LogP contribution < -0.4 is 15.4 Å². The third-order valence-corrected chi connectivity index (χ3v) is 4.98. The van der Waals surface area contributed by atoms with Crippen LogP contribution in [0.15, 0.2) is 42.5 Å². The lowest BCUT2D eigenvalue weighted by molar-refractivity contribution is 0.201. The van der Waals surface area contributed by atoms with Crippen LogP contribution in [0.1, 0.15) is 12.8 Å². The smallest absolute Gasteiger partial charge is 0.151 e. The first-order valence-electron chi connectivity index (χ1n) is 8.26. The van der Waals surface area contributed by atoms with Crippen LogP contribution in [0.2, 0.25) is 5.02 Å². The minimum atomic E-state index is 0.0323. The van der Waals surface area contributed by atoms with Crippen LogP contribution in [0.5, 0.6) is 5.75 Å². The number of hydrogen-bond acceptors (Lipinski definition) is 3. The van der Waals surface area contributed by atoms with Gasteiger partial charge in [-0.3, -0.25) is 0 Å². The lowest BCUT2D eigenvalue weighted by Gasteiger charge is -2.37. The van der Waals surface area contributed by atoms with Crippen molar-refractivity contribution in [3.63, 3.8) is 0 Å². The molecule has 0 amide bonds. The number of nitrogens with zero attached hydrogens (tertiary/aromatic N) is 1. The summed E-state index contributed by atoms with van der Waals surface area (Å²) in [4.78, 5) is 2.44. The molecule has 4 rings (SSSR count). The molecule has 0 bridgehead atoms. The molecule has 0 saturated heterocycles. The molecule has 1 fully saturated rings. The number of hydrogen-bond donors (Lipinski definition) is 1. The van der Waals surface area contributed by atoms with Gasteiger partial charge in [0.1, 0.15) is 6.10 Å². The predicted molar refractivity (Wildman–Crippen MR) is 95.3 cm³/mol. The summed E-state index contributed by atoms with van der Waals surface area (Å²) in [6, 6.07) is 14.2. The molecular weight excluding hydrogens is 308 g/mol. The second kappa shape index (κ2) is 6.06. The molecular formula is C19H21ClN2O. The maximum atomic E-state index is 6.41. The van der Waals surface area contributed by atoms with Gasteiger partial charge in [0.2, 0.25) is 0 Å². The van der Waals surface area contributed by atoms with Gasteiger partial charge in [-0.15, -0.1) is 0 Å². The van der Waals surface area contributed by atoms with Crippen molar-refractivity contribution in [3.05, 3.63) is 47.5 Å². The number of rotatable bonds is 4. The maximum absolute atomic E-state index is 6.41. The SMILES string of the molecule is NCC1CN(CC2CC2)c2cccc(-c3ccccc3Cl)c2O1. The highest BCUT2D eigenvalue weighted by molar-refractivity contribution is 6.33. The maximum Gasteiger partial charge on any atom is 0.151 e. The number of anilines is 1. The summed E-state index contributed by atoms with van der Waals surface area (Å²) in [5.74, 6) is 1.74. The molecule has 0 aromatic heterocycles. The molecule has 1 saturated carbocycles. The van der Waals surface area contributed by atoms with E-state index in [4.69, 9.17) is 22.1 Å². The summed E-state index contributed by atoms with van der Waals surface area (Å²) in [6.45, 7) is 2.49. The zero-order chi connectivity index (χ0) is 15.8. The third-order valence-electron chi connectivity index (χ3n) is 4.65. The molecule has 0 radical (unpaired) electrons. The van der Waals surface area contributed by atoms with Crippen molar-refractivity contribution in [2.45, 2.75) is 18.9 Å². The van der Waals surface area contributed by atoms with E-state index in [1.54, 1.807) is 0 Å². The zero-order valence-electron chi connectivity index (χ0n) is 13.0. The molecule has 1 aliphatic carbocycles. The number of para-hydroxylation sites is 1. The lowest BCUT2D eigenvalue weighted by Crippen LogP contribution is -2.44. The molecule has 1 atom stereocenters. The van der Waals surface area contributed by atoms with Crippen LogP contribution in [0.3, 0.4) is 0 Å². The van der Waals surface area contributed by atoms with Gasteiger partial charge in [0.15, 0.2) is 5.75 Å². The van der Waals surface area contributed by atoms with Crippen LogP contribution in [0.25, 0.3) is 11.1 Å². The fourth-order valence-corrected chi connectivity index (χ4v) is 3.48. The first kappa shape index (κ1) is 14.9. The summed E-state index contributed by atoms with van der Waals surface area (Å²) in [7, 11) is 0. The van der Waals surface area contributed by atoms with Crippen LogP contribution in [-0.2, 0) is 0 Å². The summed E-state index contributed by atoms with van der Waals surface area (Å²) in [5, 5.41) is 0.744. The number of nitrogens with two attached hydrogens (primary N) is 1. The van der Waals surface area contributed by atoms with Gasteiger partial charge in [-0.25, -0.2) is 0 Å². The van der Waals surface area contributed by atoms with Gasteiger partial charge in [-0.2, -0.15) is 0 Å². The van der Waals surface area contributed by atoms with E-state index >= 15 is 0 Å². The van der Waals surface area contributed by atoms with E-state index in [0.29, 0.717) is 6.54 Å². The normalized spacial score (nSPS) is 20.1. The van der Waals surface area contributed by atoms with E-state index in [0.717, 1.165) is 40.9 Å². The van der Waals surface area contributed by atoms with Crippen molar-refractivity contribution in [2.75, 3.05) is 24.5 Å². The fourth-order valence-electron chi connectivity index (χ4n) is 3.25. The fraction of sp³-hybridized carbons (Fsp3) is 0.368. The molecule has 0 spiro atoms. The highest BCUT2D eigenvalue weighted by atomic mass is 35.5. The number of benzene rings is 2. The van der Waals surface area contributed by atoms with Crippen molar-refractivity contribution >= 4 is 17.3 Å². The topological polar surface area (TPSA) is 38.5 Å². The zero-order valence-corrected chi connectivity index (χ0v) is 13.8. The molecule has 1 unspecified atom stereocenters. The Hall–Kier alpha value is -1.71. The van der Waals surface area contributed by atoms with Crippen LogP contribution in [-0.4, -0.2) is 25.7 Å². The molecule has 2 N–H and O–H groups in total. The third kappa shape index (κ3) is 2.91. The Morgan fingerprint density at radius 1 is 1.09 bits per heavy atom. The first-order valence-corrected chi connectivity index (χ1v) is 8.63. The van der Waals surface area contributed by atoms with E-state index in [1.807, 2.05) is 24.3 Å². The second-order valence-electron chi connectivity index (χ2n) is 6.46. The molecule has 120 valence electrons. The Morgan fingerprint density at radius 2 is 1.87 bits per heavy atom. The van der Waals surface area contributed by atoms with Crippen molar-refractivity contribution in [1.82, 2.24) is 0 Å². The summed E-state index contributed by atoms with van der Waals surface area (Å²) < 4.78 is 6.23. The largest absolute Gasteiger partial charge is 0.484 e. The second-order valence-corrected chi connectivity index (χ2v) is 6.86. The highest BCUT2D eigenvalue weighted by Crippen LogP contribution is 2.44. The Bertz CT molecular complexity index is 714. The van der Waals surface area contributed by atoms with E-state index in [9.17, 15) is 0 Å². The van der Waals surface area contributed by atoms with Gasteiger partial charge < -0.3 is 15.4 Å². The van der Waals surface area contributed by atoms with Gasteiger partial charge in [0.25, 0.3) is 0 Å². The van der Waals surface area contributed by atoms with Crippen molar-refractivity contribution in [1.29, 1.82) is 0 Å². The van der Waals surface area contributed by atoms with Gasteiger partial charge in [0, 0.05) is 29.2 Å². The van der Waals surface area contributed by atoms with Gasteiger partial charge >= 0.3 is 0 Å². The van der Waals surface area contributed by atoms with Gasteiger partial charge in [0.05, 0.1) is 12.2 Å². The quantitative estimate of drug-likeness (QED) is 0.923. The summed E-state index contributed by atoms with van der Waals surface area (Å²) >= 11 is 6.41. The number of fused-ring (bicyclic) bond motifs is 1. The average molecular weight is 329 g/mol. The molecule has 23 heavy (non-hydrogen) atoms. The van der Waals surface area contributed by atoms with Crippen LogP contribution >= 0.6 is 11.6 Å². The van der Waals surface area contributed by atoms with E-state index in [1.165, 1.54) is 18.5 Å². The van der Waals surface area contributed by atoms with Crippen molar-refractivity contribution < 1.29 is 4.74 Å². The highest BCUT2D eigenvalue weighted by Gasteiger charge is 2.32. The minimum Gasteiger partial charge on any atom is -0.484 e. The lowest BCUT2D eigenvalue weighted by atomic mass is 10.0. The molecule has 1 heterocycles. The predicted octanol–water partition coefficient (Wildman–Crippen LogP) is 3.94. The van der Waals surface area contributed by atoms with E-state index in [2.05, 4.69) is 23.1 Å².